The van der Waals surface area contributed by atoms with Crippen LogP contribution in [0.4, 0.5) is 0 Å². The van der Waals surface area contributed by atoms with Crippen molar-refractivity contribution >= 4 is 13.7 Å². The van der Waals surface area contributed by atoms with Gasteiger partial charge in [0.25, 0.3) is 0 Å². The molecule has 4 N–H and O–H groups in total. The Morgan fingerprint density at radius 1 is 0.686 bits per heavy atom. The van der Waals surface area contributed by atoms with E-state index in [2.05, 4.69) is 16.8 Å². The number of unbranched alkanes of at least 4 members (excludes halogenated alkanes) is 20. The molecule has 1 atom stereocenters. The van der Waals surface area contributed by atoms with E-state index in [0.717, 1.165) is 19.3 Å². The summed E-state index contributed by atoms with van der Waals surface area (Å²) in [6, 6.07) is 0. The van der Waals surface area contributed by atoms with Crippen LogP contribution in [0.15, 0.2) is 0 Å². The number of amides is 1. The zero-order valence-electron chi connectivity index (χ0n) is 22.6. The molecule has 8 heteroatoms. The predicted molar refractivity (Wildman–Crippen MR) is 144 cm³/mol. The van der Waals surface area contributed by atoms with Crippen LogP contribution in [0.25, 0.3) is 0 Å². The average molecular weight is 522 g/mol. The molecule has 0 aliphatic rings. The maximum absolute atomic E-state index is 11.7. The molecule has 0 aromatic heterocycles. The number of phosphoric acid groups is 1. The van der Waals surface area contributed by atoms with E-state index in [1.54, 1.807) is 0 Å². The maximum Gasteiger partial charge on any atom is 0.469 e. The van der Waals surface area contributed by atoms with Crippen LogP contribution in [-0.4, -0.2) is 40.1 Å². The summed E-state index contributed by atoms with van der Waals surface area (Å²) in [7, 11) is -4.59. The Labute approximate surface area is 215 Å². The quantitative estimate of drug-likeness (QED) is 0.0672. The van der Waals surface area contributed by atoms with E-state index in [1.165, 1.54) is 116 Å². The number of nitrogens with one attached hydrogen (secondary N) is 1. The van der Waals surface area contributed by atoms with Gasteiger partial charge >= 0.3 is 7.82 Å². The molecule has 0 saturated carbocycles. The highest BCUT2D eigenvalue weighted by Gasteiger charge is 2.17. The molecule has 0 bridgehead atoms. The van der Waals surface area contributed by atoms with E-state index < -0.39 is 20.5 Å². The molecule has 0 rings (SSSR count). The SMILES string of the molecule is CCCCCCCCCCCCCCCCCCCCCCCC(=O)NCC(O)COP(=O)(O)O. The Morgan fingerprint density at radius 3 is 1.37 bits per heavy atom. The minimum atomic E-state index is -4.59. The first-order valence-corrected chi connectivity index (χ1v) is 16.0. The summed E-state index contributed by atoms with van der Waals surface area (Å²) in [5.74, 6) is -0.155. The number of phosphoric ester groups is 1. The van der Waals surface area contributed by atoms with Crippen LogP contribution in [0.2, 0.25) is 0 Å². The predicted octanol–water partition coefficient (Wildman–Crippen LogP) is 7.17. The Kier molecular flexibility index (Phi) is 24.9. The van der Waals surface area contributed by atoms with E-state index in [1.807, 2.05) is 0 Å². The second-order valence-electron chi connectivity index (χ2n) is 10.1. The van der Waals surface area contributed by atoms with Gasteiger partial charge in [0, 0.05) is 13.0 Å². The number of carbonyl (C=O) groups excluding carboxylic acids is 1. The van der Waals surface area contributed by atoms with Gasteiger partial charge in [0.1, 0.15) is 0 Å². The molecule has 7 nitrogen and oxygen atoms in total. The van der Waals surface area contributed by atoms with Gasteiger partial charge in [0.05, 0.1) is 12.7 Å². The summed E-state index contributed by atoms with van der Waals surface area (Å²) in [6.07, 6.45) is 27.1. The van der Waals surface area contributed by atoms with Crippen molar-refractivity contribution in [3.63, 3.8) is 0 Å². The number of hydrogen-bond donors (Lipinski definition) is 4. The highest BCUT2D eigenvalue weighted by molar-refractivity contribution is 7.46. The fourth-order valence-electron chi connectivity index (χ4n) is 4.28. The van der Waals surface area contributed by atoms with E-state index in [0.29, 0.717) is 6.42 Å². The highest BCUT2D eigenvalue weighted by Crippen LogP contribution is 2.35. The van der Waals surface area contributed by atoms with Gasteiger partial charge in [0.2, 0.25) is 5.91 Å². The fourth-order valence-corrected chi connectivity index (χ4v) is 4.65. The summed E-state index contributed by atoms with van der Waals surface area (Å²) >= 11 is 0. The smallest absolute Gasteiger partial charge is 0.389 e. The first-order chi connectivity index (χ1) is 16.8. The molecule has 0 fully saturated rings. The lowest BCUT2D eigenvalue weighted by Crippen LogP contribution is -2.34. The van der Waals surface area contributed by atoms with Gasteiger partial charge in [-0.1, -0.05) is 135 Å². The van der Waals surface area contributed by atoms with Crippen molar-refractivity contribution in [1.29, 1.82) is 0 Å². The Balaban J connectivity index is 3.23. The highest BCUT2D eigenvalue weighted by atomic mass is 31.2. The van der Waals surface area contributed by atoms with E-state index in [-0.39, 0.29) is 12.5 Å². The molecule has 0 heterocycles. The third-order valence-electron chi connectivity index (χ3n) is 6.48. The van der Waals surface area contributed by atoms with Crippen LogP contribution in [0.1, 0.15) is 148 Å². The zero-order valence-corrected chi connectivity index (χ0v) is 23.5. The molecular weight excluding hydrogens is 465 g/mol. The van der Waals surface area contributed by atoms with Crippen molar-refractivity contribution in [2.45, 2.75) is 154 Å². The van der Waals surface area contributed by atoms with Gasteiger partial charge in [-0.2, -0.15) is 0 Å². The van der Waals surface area contributed by atoms with Crippen LogP contribution in [0, 0.1) is 0 Å². The third kappa shape index (κ3) is 29.7. The first-order valence-electron chi connectivity index (χ1n) is 14.5. The number of aliphatic hydroxyl groups excluding tert-OH is 1. The average Bonchev–Trinajstić information content (AvgIpc) is 2.82. The van der Waals surface area contributed by atoms with Gasteiger partial charge in [0.15, 0.2) is 0 Å². The van der Waals surface area contributed by atoms with Gasteiger partial charge in [-0.25, -0.2) is 4.57 Å². The van der Waals surface area contributed by atoms with Gasteiger partial charge in [-0.3, -0.25) is 9.32 Å². The second-order valence-corrected chi connectivity index (χ2v) is 11.3. The monoisotopic (exact) mass is 521 g/mol. The van der Waals surface area contributed by atoms with Crippen LogP contribution < -0.4 is 5.32 Å². The van der Waals surface area contributed by atoms with Crippen molar-refractivity contribution in [2.75, 3.05) is 13.2 Å². The van der Waals surface area contributed by atoms with Crippen molar-refractivity contribution in [2.24, 2.45) is 0 Å². The lowest BCUT2D eigenvalue weighted by Gasteiger charge is -2.12. The lowest BCUT2D eigenvalue weighted by atomic mass is 10.0. The van der Waals surface area contributed by atoms with Crippen molar-refractivity contribution < 1.29 is 28.8 Å². The molecule has 0 saturated heterocycles. The molecular formula is C27H56NO6P. The largest absolute Gasteiger partial charge is 0.469 e. The van der Waals surface area contributed by atoms with Crippen molar-refractivity contribution in [1.82, 2.24) is 5.32 Å². The Morgan fingerprint density at radius 2 is 1.03 bits per heavy atom. The number of carbonyl (C=O) groups is 1. The molecule has 0 aromatic carbocycles. The lowest BCUT2D eigenvalue weighted by molar-refractivity contribution is -0.121. The number of hydrogen-bond acceptors (Lipinski definition) is 4. The number of aliphatic hydroxyl groups is 1. The molecule has 0 aliphatic carbocycles. The summed E-state index contributed by atoms with van der Waals surface area (Å²) in [5, 5.41) is 12.1. The zero-order chi connectivity index (χ0) is 26.0. The molecule has 210 valence electrons. The first kappa shape index (κ1) is 34.5. The van der Waals surface area contributed by atoms with E-state index >= 15 is 0 Å². The molecule has 0 radical (unpaired) electrons. The van der Waals surface area contributed by atoms with Crippen LogP contribution >= 0.6 is 7.82 Å². The molecule has 0 spiro atoms. The Bertz CT molecular complexity index is 514. The minimum absolute atomic E-state index is 0.0713. The fraction of sp³-hybridized carbons (Fsp3) is 0.963. The Hall–Kier alpha value is -0.460. The number of rotatable bonds is 27. The third-order valence-corrected chi connectivity index (χ3v) is 6.96. The molecule has 1 unspecified atom stereocenters. The standard InChI is InChI=1S/C27H56NO6P/c1-2-3-4-5-6-7-8-9-10-11-12-13-14-15-16-17-18-19-20-21-22-23-27(30)28-24-26(29)25-34-35(31,32)33/h26,29H,2-25H2,1H3,(H,28,30)(H2,31,32,33). The van der Waals surface area contributed by atoms with Crippen LogP contribution in [-0.2, 0) is 13.9 Å². The van der Waals surface area contributed by atoms with Gasteiger partial charge < -0.3 is 20.2 Å². The van der Waals surface area contributed by atoms with Gasteiger partial charge in [-0.15, -0.1) is 0 Å². The summed E-state index contributed by atoms with van der Waals surface area (Å²) < 4.78 is 14.8. The van der Waals surface area contributed by atoms with E-state index in [4.69, 9.17) is 9.79 Å². The van der Waals surface area contributed by atoms with Crippen LogP contribution in [0.3, 0.4) is 0 Å². The normalized spacial score (nSPS) is 12.7. The van der Waals surface area contributed by atoms with Crippen molar-refractivity contribution in [3.8, 4) is 0 Å². The molecule has 0 aromatic rings. The summed E-state index contributed by atoms with van der Waals surface area (Å²) in [4.78, 5) is 28.9. The maximum atomic E-state index is 11.7. The van der Waals surface area contributed by atoms with Gasteiger partial charge in [-0.05, 0) is 6.42 Å². The van der Waals surface area contributed by atoms with E-state index in [9.17, 15) is 14.5 Å². The molecule has 1 amide bonds. The second kappa shape index (κ2) is 25.2. The molecule has 35 heavy (non-hydrogen) atoms. The van der Waals surface area contributed by atoms with Crippen molar-refractivity contribution in [3.05, 3.63) is 0 Å². The summed E-state index contributed by atoms with van der Waals surface area (Å²) in [5.41, 5.74) is 0. The molecule has 0 aliphatic heterocycles. The van der Waals surface area contributed by atoms with Crippen LogP contribution in [0.5, 0.6) is 0 Å². The summed E-state index contributed by atoms with van der Waals surface area (Å²) in [6.45, 7) is 1.69. The topological polar surface area (TPSA) is 116 Å². The minimum Gasteiger partial charge on any atom is -0.389 e.